The Kier molecular flexibility index (Phi) is 7.07. The average molecular weight is 302 g/mol. The highest BCUT2D eigenvalue weighted by molar-refractivity contribution is 6.60. The molecular formula is C13H22O6Si. The summed E-state index contributed by atoms with van der Waals surface area (Å²) in [6, 6.07) is 0.741. The van der Waals surface area contributed by atoms with Crippen molar-refractivity contribution in [3.8, 4) is 0 Å². The topological polar surface area (TPSA) is 71.1 Å². The molecule has 0 radical (unpaired) electrons. The van der Waals surface area contributed by atoms with Crippen LogP contribution >= 0.6 is 0 Å². The monoisotopic (exact) mass is 302 g/mol. The number of ether oxygens (including phenoxy) is 1. The molecule has 6 nitrogen and oxygen atoms in total. The van der Waals surface area contributed by atoms with Gasteiger partial charge in [-0.2, -0.15) is 0 Å². The van der Waals surface area contributed by atoms with Crippen molar-refractivity contribution >= 4 is 20.7 Å². The number of rotatable bonds is 9. The zero-order valence-corrected chi connectivity index (χ0v) is 13.2. The fraction of sp³-hybridized carbons (Fsp3) is 0.692. The summed E-state index contributed by atoms with van der Waals surface area (Å²) in [5.74, 6) is -1.15. The largest absolute Gasteiger partial charge is 0.500 e. The molecule has 114 valence electrons. The highest BCUT2D eigenvalue weighted by atomic mass is 28.4. The molecule has 0 bridgehead atoms. The molecule has 0 amide bonds. The highest BCUT2D eigenvalue weighted by Gasteiger charge is 2.36. The second-order valence-corrected chi connectivity index (χ2v) is 7.68. The molecule has 0 spiro atoms. The number of hydrogen-bond acceptors (Lipinski definition) is 6. The lowest BCUT2D eigenvalue weighted by atomic mass is 10.0. The number of esters is 2. The Morgan fingerprint density at radius 3 is 2.35 bits per heavy atom. The first-order valence-corrected chi connectivity index (χ1v) is 8.55. The fourth-order valence-corrected chi connectivity index (χ4v) is 3.82. The van der Waals surface area contributed by atoms with Crippen molar-refractivity contribution < 1.29 is 27.6 Å². The van der Waals surface area contributed by atoms with E-state index in [1.807, 2.05) is 12.2 Å². The first kappa shape index (κ1) is 17.0. The third-order valence-electron chi connectivity index (χ3n) is 3.33. The second kappa shape index (κ2) is 8.31. The lowest BCUT2D eigenvalue weighted by Crippen LogP contribution is -2.42. The molecule has 0 aromatic carbocycles. The van der Waals surface area contributed by atoms with Gasteiger partial charge in [-0.05, 0) is 19.3 Å². The van der Waals surface area contributed by atoms with E-state index in [1.54, 1.807) is 21.3 Å². The minimum atomic E-state index is -2.48. The van der Waals surface area contributed by atoms with Crippen molar-refractivity contribution in [2.24, 2.45) is 5.92 Å². The summed E-state index contributed by atoms with van der Waals surface area (Å²) < 4.78 is 20.4. The van der Waals surface area contributed by atoms with Crippen molar-refractivity contribution in [3.63, 3.8) is 0 Å². The summed E-state index contributed by atoms with van der Waals surface area (Å²) in [4.78, 5) is 22.1. The van der Waals surface area contributed by atoms with E-state index < -0.39 is 20.7 Å². The molecule has 1 unspecified atom stereocenters. The van der Waals surface area contributed by atoms with E-state index in [9.17, 15) is 9.59 Å². The minimum absolute atomic E-state index is 0.191. The van der Waals surface area contributed by atoms with E-state index in [2.05, 4.69) is 4.74 Å². The van der Waals surface area contributed by atoms with Crippen LogP contribution in [0.5, 0.6) is 0 Å². The van der Waals surface area contributed by atoms with Crippen molar-refractivity contribution in [1.29, 1.82) is 0 Å². The number of carbonyl (C=O) groups excluding carboxylic acids is 2. The predicted octanol–water partition coefficient (Wildman–Crippen LogP) is 1.68. The molecule has 1 aliphatic heterocycles. The third-order valence-corrected chi connectivity index (χ3v) is 6.17. The summed E-state index contributed by atoms with van der Waals surface area (Å²) in [6.07, 6.45) is 6.38. The van der Waals surface area contributed by atoms with Gasteiger partial charge in [0.1, 0.15) is 0 Å². The second-order valence-electron chi connectivity index (χ2n) is 4.59. The molecule has 1 aliphatic rings. The Labute approximate surface area is 120 Å². The minimum Gasteiger partial charge on any atom is -0.393 e. The van der Waals surface area contributed by atoms with Gasteiger partial charge in [-0.15, -0.1) is 0 Å². The zero-order chi connectivity index (χ0) is 15.0. The standard InChI is InChI=1S/C13H22O6Si/c1-16-20(17-2,18-3)9-7-5-4-6-8-11-10-12(14)19-13(11)15/h4,6,11H,5,7-10H2,1-3H3. The van der Waals surface area contributed by atoms with Gasteiger partial charge >= 0.3 is 20.7 Å². The third kappa shape index (κ3) is 4.82. The van der Waals surface area contributed by atoms with E-state index in [-0.39, 0.29) is 12.3 Å². The summed E-state index contributed by atoms with van der Waals surface area (Å²) in [7, 11) is 2.31. The molecule has 20 heavy (non-hydrogen) atoms. The normalized spacial score (nSPS) is 19.9. The quantitative estimate of drug-likeness (QED) is 0.212. The van der Waals surface area contributed by atoms with Crippen LogP contribution in [0.15, 0.2) is 12.2 Å². The Balaban J connectivity index is 2.22. The summed E-state index contributed by atoms with van der Waals surface area (Å²) >= 11 is 0. The van der Waals surface area contributed by atoms with E-state index >= 15 is 0 Å². The van der Waals surface area contributed by atoms with Gasteiger partial charge in [-0.3, -0.25) is 9.59 Å². The maximum absolute atomic E-state index is 11.2. The Bertz CT molecular complexity index is 356. The van der Waals surface area contributed by atoms with E-state index in [0.29, 0.717) is 6.42 Å². The van der Waals surface area contributed by atoms with Crippen molar-refractivity contribution in [3.05, 3.63) is 12.2 Å². The number of cyclic esters (lactones) is 2. The summed E-state index contributed by atoms with van der Waals surface area (Å²) in [5.41, 5.74) is 0. The maximum atomic E-state index is 11.2. The molecule has 1 heterocycles. The lowest BCUT2D eigenvalue weighted by molar-refractivity contribution is -0.153. The molecule has 1 rings (SSSR count). The maximum Gasteiger partial charge on any atom is 0.500 e. The van der Waals surface area contributed by atoms with Crippen molar-refractivity contribution in [2.75, 3.05) is 21.3 Å². The average Bonchev–Trinajstić information content (AvgIpc) is 2.77. The van der Waals surface area contributed by atoms with Gasteiger partial charge in [0.2, 0.25) is 0 Å². The van der Waals surface area contributed by atoms with Crippen LogP contribution < -0.4 is 0 Å². The molecule has 1 saturated heterocycles. The number of carbonyl (C=O) groups is 2. The molecule has 1 atom stereocenters. The van der Waals surface area contributed by atoms with Crippen LogP contribution in [0.25, 0.3) is 0 Å². The zero-order valence-electron chi connectivity index (χ0n) is 12.2. The number of unbranched alkanes of at least 4 members (excludes halogenated alkanes) is 1. The lowest BCUT2D eigenvalue weighted by Gasteiger charge is -2.23. The summed E-state index contributed by atoms with van der Waals surface area (Å²) in [5, 5.41) is 0. The number of allylic oxidation sites excluding steroid dienone is 2. The van der Waals surface area contributed by atoms with Crippen LogP contribution in [-0.4, -0.2) is 42.1 Å². The van der Waals surface area contributed by atoms with E-state index in [4.69, 9.17) is 13.3 Å². The van der Waals surface area contributed by atoms with Crippen LogP contribution in [0.2, 0.25) is 6.04 Å². The van der Waals surface area contributed by atoms with Gasteiger partial charge in [0, 0.05) is 27.4 Å². The van der Waals surface area contributed by atoms with Gasteiger partial charge < -0.3 is 18.0 Å². The van der Waals surface area contributed by atoms with Crippen LogP contribution in [0.3, 0.4) is 0 Å². The first-order valence-electron chi connectivity index (χ1n) is 6.62. The van der Waals surface area contributed by atoms with Gasteiger partial charge in [-0.1, -0.05) is 12.2 Å². The Hall–Kier alpha value is -1.02. The summed E-state index contributed by atoms with van der Waals surface area (Å²) in [6.45, 7) is 0. The molecule has 0 saturated carbocycles. The molecular weight excluding hydrogens is 280 g/mol. The van der Waals surface area contributed by atoms with E-state index in [0.717, 1.165) is 18.9 Å². The van der Waals surface area contributed by atoms with Gasteiger partial charge in [0.15, 0.2) is 0 Å². The van der Waals surface area contributed by atoms with Crippen molar-refractivity contribution in [1.82, 2.24) is 0 Å². The van der Waals surface area contributed by atoms with Crippen LogP contribution in [-0.2, 0) is 27.6 Å². The van der Waals surface area contributed by atoms with Crippen LogP contribution in [0, 0.1) is 5.92 Å². The SMILES string of the molecule is CO[Si](CCCC=CCC1CC(=O)OC1=O)(OC)OC. The van der Waals surface area contributed by atoms with Gasteiger partial charge in [0.25, 0.3) is 0 Å². The predicted molar refractivity (Wildman–Crippen MR) is 73.8 cm³/mol. The van der Waals surface area contributed by atoms with Crippen LogP contribution in [0.1, 0.15) is 25.7 Å². The van der Waals surface area contributed by atoms with Gasteiger partial charge in [0.05, 0.1) is 12.3 Å². The van der Waals surface area contributed by atoms with Crippen molar-refractivity contribution in [2.45, 2.75) is 31.7 Å². The smallest absolute Gasteiger partial charge is 0.393 e. The molecule has 0 aromatic rings. The molecule has 0 N–H and O–H groups in total. The van der Waals surface area contributed by atoms with Gasteiger partial charge in [-0.25, -0.2) is 0 Å². The van der Waals surface area contributed by atoms with E-state index in [1.165, 1.54) is 0 Å². The molecule has 0 aromatic heterocycles. The molecule has 7 heteroatoms. The number of hydrogen-bond donors (Lipinski definition) is 0. The fourth-order valence-electron chi connectivity index (χ4n) is 2.07. The highest BCUT2D eigenvalue weighted by Crippen LogP contribution is 2.20. The Morgan fingerprint density at radius 2 is 1.85 bits per heavy atom. The van der Waals surface area contributed by atoms with Crippen LogP contribution in [0.4, 0.5) is 0 Å². The first-order chi connectivity index (χ1) is 9.56. The molecule has 0 aliphatic carbocycles. The Morgan fingerprint density at radius 1 is 1.20 bits per heavy atom. The molecule has 1 fully saturated rings.